The van der Waals surface area contributed by atoms with Gasteiger partial charge in [0.15, 0.2) is 17.5 Å². The van der Waals surface area contributed by atoms with Crippen LogP contribution in [0.5, 0.6) is 5.75 Å². The molecule has 0 radical (unpaired) electrons. The van der Waals surface area contributed by atoms with Crippen LogP contribution in [0.2, 0.25) is 0 Å². The number of hydrogen-bond donors (Lipinski definition) is 2. The van der Waals surface area contributed by atoms with Gasteiger partial charge in [0, 0.05) is 10.9 Å². The van der Waals surface area contributed by atoms with Gasteiger partial charge < -0.3 is 10.1 Å². The summed E-state index contributed by atoms with van der Waals surface area (Å²) in [6.07, 6.45) is 0. The fourth-order valence-corrected chi connectivity index (χ4v) is 3.50. The third kappa shape index (κ3) is 3.79. The minimum Gasteiger partial charge on any atom is -0.496 e. The van der Waals surface area contributed by atoms with Gasteiger partial charge in [-0.3, -0.25) is 9.89 Å². The molecule has 0 saturated heterocycles. The van der Waals surface area contributed by atoms with Crippen LogP contribution < -0.4 is 10.1 Å². The Morgan fingerprint density at radius 3 is 2.50 bits per heavy atom. The number of carbonyl (C=O) groups excluding carboxylic acids is 1. The Balaban J connectivity index is 1.70. The molecule has 4 aromatic rings. The lowest BCUT2D eigenvalue weighted by Gasteiger charge is -2.13. The zero-order valence-corrected chi connectivity index (χ0v) is 17.6. The van der Waals surface area contributed by atoms with Gasteiger partial charge in [0.2, 0.25) is 0 Å². The number of nitrogens with zero attached hydrogens (tertiary/aromatic N) is 1. The molecule has 0 fully saturated rings. The van der Waals surface area contributed by atoms with Crippen molar-refractivity contribution in [1.82, 2.24) is 10.2 Å². The summed E-state index contributed by atoms with van der Waals surface area (Å²) in [5, 5.41) is 9.71. The second kappa shape index (κ2) is 8.37. The third-order valence-electron chi connectivity index (χ3n) is 5.27. The number of aromatic nitrogens is 2. The van der Waals surface area contributed by atoms with E-state index in [4.69, 9.17) is 4.74 Å². The van der Waals surface area contributed by atoms with E-state index >= 15 is 0 Å². The van der Waals surface area contributed by atoms with Crippen molar-refractivity contribution in [3.05, 3.63) is 77.1 Å². The highest BCUT2D eigenvalue weighted by Crippen LogP contribution is 2.35. The van der Waals surface area contributed by atoms with Crippen molar-refractivity contribution in [1.29, 1.82) is 0 Å². The second-order valence-corrected chi connectivity index (χ2v) is 7.62. The summed E-state index contributed by atoms with van der Waals surface area (Å²) < 4.78 is 46.8. The van der Waals surface area contributed by atoms with E-state index in [0.29, 0.717) is 34.7 Å². The Morgan fingerprint density at radius 1 is 1.03 bits per heavy atom. The van der Waals surface area contributed by atoms with Crippen molar-refractivity contribution >= 4 is 22.6 Å². The van der Waals surface area contributed by atoms with Crippen LogP contribution in [-0.2, 0) is 0 Å². The van der Waals surface area contributed by atoms with E-state index in [1.54, 1.807) is 13.2 Å². The van der Waals surface area contributed by atoms with E-state index in [0.717, 1.165) is 16.7 Å². The smallest absolute Gasteiger partial charge is 0.262 e. The molecule has 0 aliphatic heterocycles. The van der Waals surface area contributed by atoms with Crippen LogP contribution in [0, 0.1) is 17.5 Å². The van der Waals surface area contributed by atoms with Crippen LogP contribution in [0.15, 0.2) is 48.5 Å². The number of methoxy groups -OCH3 is 1. The summed E-state index contributed by atoms with van der Waals surface area (Å²) in [4.78, 5) is 12.4. The van der Waals surface area contributed by atoms with Gasteiger partial charge >= 0.3 is 0 Å². The Bertz CT molecular complexity index is 1330. The Kier molecular flexibility index (Phi) is 5.61. The summed E-state index contributed by atoms with van der Waals surface area (Å²) in [5.74, 6) is -4.06. The molecule has 2 N–H and O–H groups in total. The molecule has 3 aromatic carbocycles. The van der Waals surface area contributed by atoms with Gasteiger partial charge in [-0.1, -0.05) is 26.0 Å². The molecule has 8 heteroatoms. The molecule has 4 rings (SSSR count). The van der Waals surface area contributed by atoms with Gasteiger partial charge in [-0.05, 0) is 53.4 Å². The lowest BCUT2D eigenvalue weighted by Crippen LogP contribution is -2.17. The SMILES string of the molecule is COc1ccc(C(C)C)cc1-c1ccc2c(NC(=O)c3c(F)ccc(F)c3F)n[nH]c2c1. The summed E-state index contributed by atoms with van der Waals surface area (Å²) in [6.45, 7) is 4.20. The van der Waals surface area contributed by atoms with Crippen LogP contribution in [-0.4, -0.2) is 23.2 Å². The average molecular weight is 439 g/mol. The highest BCUT2D eigenvalue weighted by molar-refractivity contribution is 6.08. The molecule has 1 heterocycles. The van der Waals surface area contributed by atoms with Crippen molar-refractivity contribution in [3.63, 3.8) is 0 Å². The highest BCUT2D eigenvalue weighted by atomic mass is 19.2. The molecule has 32 heavy (non-hydrogen) atoms. The molecule has 1 aromatic heterocycles. The first-order chi connectivity index (χ1) is 15.3. The molecular formula is C24H20F3N3O2. The minimum absolute atomic E-state index is 0.0718. The normalized spacial score (nSPS) is 11.2. The Labute approximate surface area is 182 Å². The number of carbonyl (C=O) groups is 1. The molecule has 0 aliphatic rings. The number of anilines is 1. The standard InChI is InChI=1S/C24H20F3N3O2/c1-12(2)13-5-9-20(32-3)16(10-13)14-4-6-15-19(11-14)29-30-23(15)28-24(31)21-17(25)7-8-18(26)22(21)27/h4-12H,1-3H3,(H2,28,29,30,31). The molecule has 0 unspecified atom stereocenters. The lowest BCUT2D eigenvalue weighted by atomic mass is 9.96. The molecule has 0 aliphatic carbocycles. The zero-order valence-electron chi connectivity index (χ0n) is 17.6. The van der Waals surface area contributed by atoms with Crippen LogP contribution >= 0.6 is 0 Å². The predicted molar refractivity (Wildman–Crippen MR) is 116 cm³/mol. The van der Waals surface area contributed by atoms with Crippen LogP contribution in [0.25, 0.3) is 22.0 Å². The molecule has 5 nitrogen and oxygen atoms in total. The number of benzene rings is 3. The predicted octanol–water partition coefficient (Wildman–Crippen LogP) is 6.03. The van der Waals surface area contributed by atoms with Gasteiger partial charge in [0.1, 0.15) is 17.1 Å². The maximum atomic E-state index is 13.9. The number of fused-ring (bicyclic) bond motifs is 1. The Morgan fingerprint density at radius 2 is 1.78 bits per heavy atom. The van der Waals surface area contributed by atoms with Crippen molar-refractivity contribution in [2.45, 2.75) is 19.8 Å². The van der Waals surface area contributed by atoms with E-state index < -0.39 is 28.9 Å². The monoisotopic (exact) mass is 439 g/mol. The molecule has 0 atom stereocenters. The maximum Gasteiger partial charge on any atom is 0.262 e. The van der Waals surface area contributed by atoms with Gasteiger partial charge in [0.25, 0.3) is 5.91 Å². The van der Waals surface area contributed by atoms with Crippen molar-refractivity contribution < 1.29 is 22.7 Å². The largest absolute Gasteiger partial charge is 0.496 e. The van der Waals surface area contributed by atoms with Crippen LogP contribution in [0.3, 0.4) is 0 Å². The summed E-state index contributed by atoms with van der Waals surface area (Å²) >= 11 is 0. The third-order valence-corrected chi connectivity index (χ3v) is 5.27. The topological polar surface area (TPSA) is 67.0 Å². The number of rotatable bonds is 5. The van der Waals surface area contributed by atoms with Crippen LogP contribution in [0.1, 0.15) is 35.7 Å². The average Bonchev–Trinajstić information content (AvgIpc) is 3.18. The first-order valence-electron chi connectivity index (χ1n) is 9.91. The van der Waals surface area contributed by atoms with Gasteiger partial charge in [-0.25, -0.2) is 13.2 Å². The van der Waals surface area contributed by atoms with Gasteiger partial charge in [-0.2, -0.15) is 5.10 Å². The minimum atomic E-state index is -1.55. The van der Waals surface area contributed by atoms with E-state index in [-0.39, 0.29) is 5.82 Å². The number of H-pyrrole nitrogens is 1. The van der Waals surface area contributed by atoms with Crippen molar-refractivity contribution in [2.75, 3.05) is 12.4 Å². The number of ether oxygens (including phenoxy) is 1. The maximum absolute atomic E-state index is 13.9. The number of halogens is 3. The lowest BCUT2D eigenvalue weighted by molar-refractivity contribution is 0.101. The van der Waals surface area contributed by atoms with Crippen LogP contribution in [0.4, 0.5) is 19.0 Å². The fraction of sp³-hybridized carbons (Fsp3) is 0.167. The molecular weight excluding hydrogens is 419 g/mol. The quantitative estimate of drug-likeness (QED) is 0.373. The van der Waals surface area contributed by atoms with Crippen molar-refractivity contribution in [2.24, 2.45) is 0 Å². The van der Waals surface area contributed by atoms with Gasteiger partial charge in [-0.15, -0.1) is 0 Å². The second-order valence-electron chi connectivity index (χ2n) is 7.62. The first kappa shape index (κ1) is 21.4. The van der Waals surface area contributed by atoms with E-state index in [1.807, 2.05) is 24.3 Å². The summed E-state index contributed by atoms with van der Waals surface area (Å²) in [5.41, 5.74) is 2.49. The number of aromatic amines is 1. The summed E-state index contributed by atoms with van der Waals surface area (Å²) in [7, 11) is 1.60. The zero-order chi connectivity index (χ0) is 23.0. The molecule has 0 spiro atoms. The van der Waals surface area contributed by atoms with Gasteiger partial charge in [0.05, 0.1) is 12.6 Å². The molecule has 0 bridgehead atoms. The van der Waals surface area contributed by atoms with E-state index in [1.165, 1.54) is 0 Å². The first-order valence-corrected chi connectivity index (χ1v) is 9.91. The number of amides is 1. The van der Waals surface area contributed by atoms with E-state index in [2.05, 4.69) is 35.4 Å². The summed E-state index contributed by atoms with van der Waals surface area (Å²) in [6, 6.07) is 12.7. The fourth-order valence-electron chi connectivity index (χ4n) is 3.50. The number of hydrogen-bond acceptors (Lipinski definition) is 3. The highest BCUT2D eigenvalue weighted by Gasteiger charge is 2.22. The Hall–Kier alpha value is -3.81. The molecule has 0 saturated carbocycles. The van der Waals surface area contributed by atoms with Crippen molar-refractivity contribution in [3.8, 4) is 16.9 Å². The van der Waals surface area contributed by atoms with E-state index in [9.17, 15) is 18.0 Å². The molecule has 164 valence electrons. The molecule has 1 amide bonds. The number of nitrogens with one attached hydrogen (secondary N) is 2.